The van der Waals surface area contributed by atoms with Crippen LogP contribution in [-0.4, -0.2) is 16.7 Å². The number of primary amides is 1. The summed E-state index contributed by atoms with van der Waals surface area (Å²) in [7, 11) is 0. The van der Waals surface area contributed by atoms with Gasteiger partial charge in [0.15, 0.2) is 5.78 Å². The second-order valence-corrected chi connectivity index (χ2v) is 3.64. The van der Waals surface area contributed by atoms with Crippen molar-refractivity contribution in [2.45, 2.75) is 12.8 Å². The summed E-state index contributed by atoms with van der Waals surface area (Å²) in [6.45, 7) is 0. The number of H-pyrrole nitrogens is 1. The Morgan fingerprint density at radius 2 is 1.94 bits per heavy atom. The summed E-state index contributed by atoms with van der Waals surface area (Å²) in [4.78, 5) is 25.4. The first-order valence-corrected chi connectivity index (χ1v) is 5.06. The van der Waals surface area contributed by atoms with E-state index in [1.807, 2.05) is 24.3 Å². The Labute approximate surface area is 92.4 Å². The number of para-hydroxylation sites is 1. The molecule has 0 aliphatic heterocycles. The van der Waals surface area contributed by atoms with Crippen LogP contribution in [0.3, 0.4) is 0 Å². The predicted octanol–water partition coefficient (Wildman–Crippen LogP) is 1.62. The van der Waals surface area contributed by atoms with Crippen molar-refractivity contribution in [1.82, 2.24) is 4.98 Å². The van der Waals surface area contributed by atoms with Gasteiger partial charge in [-0.2, -0.15) is 0 Å². The molecule has 16 heavy (non-hydrogen) atoms. The summed E-state index contributed by atoms with van der Waals surface area (Å²) in [5, 5.41) is 0.886. The maximum Gasteiger partial charge on any atom is 0.217 e. The zero-order chi connectivity index (χ0) is 11.5. The third-order valence-corrected chi connectivity index (χ3v) is 2.49. The summed E-state index contributed by atoms with van der Waals surface area (Å²) in [5.41, 5.74) is 6.55. The van der Waals surface area contributed by atoms with Crippen LogP contribution in [0.4, 0.5) is 0 Å². The highest BCUT2D eigenvalue weighted by atomic mass is 16.1. The topological polar surface area (TPSA) is 76.0 Å². The van der Waals surface area contributed by atoms with E-state index in [1.165, 1.54) is 0 Å². The zero-order valence-corrected chi connectivity index (χ0v) is 8.69. The molecule has 2 aromatic rings. The lowest BCUT2D eigenvalue weighted by molar-refractivity contribution is -0.118. The third kappa shape index (κ3) is 1.95. The number of ketones is 1. The molecule has 2 rings (SSSR count). The maximum absolute atomic E-state index is 11.8. The van der Waals surface area contributed by atoms with Gasteiger partial charge in [-0.15, -0.1) is 0 Å². The number of Topliss-reactive ketones (excluding diaryl/α,β-unsaturated/α-hetero) is 1. The first kappa shape index (κ1) is 10.4. The van der Waals surface area contributed by atoms with E-state index in [2.05, 4.69) is 4.98 Å². The number of benzene rings is 1. The van der Waals surface area contributed by atoms with E-state index in [0.29, 0.717) is 5.56 Å². The van der Waals surface area contributed by atoms with E-state index in [4.69, 9.17) is 5.73 Å². The number of aromatic nitrogens is 1. The van der Waals surface area contributed by atoms with Crippen LogP contribution >= 0.6 is 0 Å². The summed E-state index contributed by atoms with van der Waals surface area (Å²) < 4.78 is 0. The van der Waals surface area contributed by atoms with Gasteiger partial charge >= 0.3 is 0 Å². The number of aromatic amines is 1. The standard InChI is InChI=1S/C12H12N2O2/c13-12(16)6-5-11(15)9-7-14-10-4-2-1-3-8(9)10/h1-4,7,14H,5-6H2,(H2,13,16). The average molecular weight is 216 g/mol. The summed E-state index contributed by atoms with van der Waals surface area (Å²) in [6.07, 6.45) is 1.93. The van der Waals surface area contributed by atoms with E-state index in [9.17, 15) is 9.59 Å². The fraction of sp³-hybridized carbons (Fsp3) is 0.167. The van der Waals surface area contributed by atoms with E-state index >= 15 is 0 Å². The molecule has 0 aliphatic rings. The number of fused-ring (bicyclic) bond motifs is 1. The molecular weight excluding hydrogens is 204 g/mol. The van der Waals surface area contributed by atoms with E-state index in [1.54, 1.807) is 6.20 Å². The molecule has 4 nitrogen and oxygen atoms in total. The van der Waals surface area contributed by atoms with Crippen LogP contribution in [0.25, 0.3) is 10.9 Å². The Morgan fingerprint density at radius 1 is 1.19 bits per heavy atom. The molecule has 0 aliphatic carbocycles. The molecule has 4 heteroatoms. The highest BCUT2D eigenvalue weighted by Crippen LogP contribution is 2.19. The molecule has 0 bridgehead atoms. The van der Waals surface area contributed by atoms with Gasteiger partial charge in [-0.3, -0.25) is 9.59 Å². The summed E-state index contributed by atoms with van der Waals surface area (Å²) in [6, 6.07) is 7.56. The Hall–Kier alpha value is -2.10. The molecule has 0 saturated carbocycles. The second kappa shape index (κ2) is 4.18. The minimum absolute atomic E-state index is 0.0590. The average Bonchev–Trinajstić information content (AvgIpc) is 2.69. The maximum atomic E-state index is 11.8. The van der Waals surface area contributed by atoms with Crippen molar-refractivity contribution in [2.24, 2.45) is 5.73 Å². The van der Waals surface area contributed by atoms with Crippen molar-refractivity contribution in [2.75, 3.05) is 0 Å². The molecule has 1 heterocycles. The van der Waals surface area contributed by atoms with Crippen LogP contribution in [0.5, 0.6) is 0 Å². The van der Waals surface area contributed by atoms with Crippen molar-refractivity contribution in [3.05, 3.63) is 36.0 Å². The van der Waals surface area contributed by atoms with Crippen LogP contribution in [0, 0.1) is 0 Å². The molecule has 0 saturated heterocycles. The minimum atomic E-state index is -0.451. The number of hydrogen-bond donors (Lipinski definition) is 2. The number of amides is 1. The van der Waals surface area contributed by atoms with Crippen LogP contribution in [0.1, 0.15) is 23.2 Å². The van der Waals surface area contributed by atoms with E-state index < -0.39 is 5.91 Å². The monoisotopic (exact) mass is 216 g/mol. The Morgan fingerprint density at radius 3 is 2.69 bits per heavy atom. The quantitative estimate of drug-likeness (QED) is 0.762. The lowest BCUT2D eigenvalue weighted by atomic mass is 10.1. The lowest BCUT2D eigenvalue weighted by Crippen LogP contribution is -2.12. The fourth-order valence-electron chi connectivity index (χ4n) is 1.67. The highest BCUT2D eigenvalue weighted by molar-refractivity contribution is 6.08. The van der Waals surface area contributed by atoms with Gasteiger partial charge in [-0.1, -0.05) is 18.2 Å². The highest BCUT2D eigenvalue weighted by Gasteiger charge is 2.12. The molecule has 0 spiro atoms. The summed E-state index contributed by atoms with van der Waals surface area (Å²) >= 11 is 0. The Bertz CT molecular complexity index is 543. The van der Waals surface area contributed by atoms with Gasteiger partial charge in [-0.25, -0.2) is 0 Å². The van der Waals surface area contributed by atoms with E-state index in [-0.39, 0.29) is 18.6 Å². The molecule has 1 amide bonds. The minimum Gasteiger partial charge on any atom is -0.370 e. The summed E-state index contributed by atoms with van der Waals surface area (Å²) in [5.74, 6) is -0.510. The van der Waals surface area contributed by atoms with Crippen LogP contribution < -0.4 is 5.73 Å². The SMILES string of the molecule is NC(=O)CCC(=O)c1c[nH]c2ccccc12. The van der Waals surface area contributed by atoms with Gasteiger partial charge in [0.05, 0.1) is 0 Å². The van der Waals surface area contributed by atoms with Gasteiger partial charge in [0.25, 0.3) is 0 Å². The third-order valence-electron chi connectivity index (χ3n) is 2.49. The van der Waals surface area contributed by atoms with Crippen molar-refractivity contribution >= 4 is 22.6 Å². The number of nitrogens with two attached hydrogens (primary N) is 1. The lowest BCUT2D eigenvalue weighted by Gasteiger charge is -1.97. The number of nitrogens with one attached hydrogen (secondary N) is 1. The van der Waals surface area contributed by atoms with Gasteiger partial charge in [-0.05, 0) is 6.07 Å². The molecule has 1 aromatic heterocycles. The largest absolute Gasteiger partial charge is 0.370 e. The Balaban J connectivity index is 2.26. The molecule has 0 unspecified atom stereocenters. The molecule has 0 radical (unpaired) electrons. The molecule has 3 N–H and O–H groups in total. The van der Waals surface area contributed by atoms with Gasteiger partial charge in [0.2, 0.25) is 5.91 Å². The van der Waals surface area contributed by atoms with Gasteiger partial charge in [0.1, 0.15) is 0 Å². The number of rotatable bonds is 4. The predicted molar refractivity (Wildman–Crippen MR) is 61.1 cm³/mol. The van der Waals surface area contributed by atoms with Crippen molar-refractivity contribution in [3.63, 3.8) is 0 Å². The molecule has 82 valence electrons. The smallest absolute Gasteiger partial charge is 0.217 e. The number of carbonyl (C=O) groups is 2. The number of hydrogen-bond acceptors (Lipinski definition) is 2. The van der Waals surface area contributed by atoms with Crippen molar-refractivity contribution in [3.8, 4) is 0 Å². The normalized spacial score (nSPS) is 10.5. The first-order valence-electron chi connectivity index (χ1n) is 5.06. The fourth-order valence-corrected chi connectivity index (χ4v) is 1.67. The Kier molecular flexibility index (Phi) is 2.72. The first-order chi connectivity index (χ1) is 7.68. The van der Waals surface area contributed by atoms with Crippen molar-refractivity contribution in [1.29, 1.82) is 0 Å². The molecule has 0 atom stereocenters. The van der Waals surface area contributed by atoms with Gasteiger partial charge < -0.3 is 10.7 Å². The van der Waals surface area contributed by atoms with E-state index in [0.717, 1.165) is 10.9 Å². The molecule has 1 aromatic carbocycles. The number of carbonyl (C=O) groups excluding carboxylic acids is 2. The van der Waals surface area contributed by atoms with Gasteiger partial charge in [0, 0.05) is 35.5 Å². The zero-order valence-electron chi connectivity index (χ0n) is 8.69. The van der Waals surface area contributed by atoms with Crippen LogP contribution in [-0.2, 0) is 4.79 Å². The van der Waals surface area contributed by atoms with Crippen molar-refractivity contribution < 1.29 is 9.59 Å². The van der Waals surface area contributed by atoms with Crippen LogP contribution in [0.2, 0.25) is 0 Å². The molecular formula is C12H12N2O2. The second-order valence-electron chi connectivity index (χ2n) is 3.64. The van der Waals surface area contributed by atoms with Crippen LogP contribution in [0.15, 0.2) is 30.5 Å². The molecule has 0 fully saturated rings.